The van der Waals surface area contributed by atoms with Crippen LogP contribution in [0, 0.1) is 0 Å². The summed E-state index contributed by atoms with van der Waals surface area (Å²) in [7, 11) is 3.47. The molecule has 0 spiro atoms. The third kappa shape index (κ3) is 3.40. The van der Waals surface area contributed by atoms with Crippen LogP contribution in [0.1, 0.15) is 35.8 Å². The van der Waals surface area contributed by atoms with E-state index in [0.29, 0.717) is 17.9 Å². The minimum atomic E-state index is -0.164. The summed E-state index contributed by atoms with van der Waals surface area (Å²) in [4.78, 5) is 22.3. The van der Waals surface area contributed by atoms with Gasteiger partial charge in [-0.1, -0.05) is 0 Å². The first kappa shape index (κ1) is 17.9. The second-order valence-corrected chi connectivity index (χ2v) is 7.09. The molecule has 2 aromatic heterocycles. The first-order valence-corrected chi connectivity index (χ1v) is 9.27. The second-order valence-electron chi connectivity index (χ2n) is 6.76. The van der Waals surface area contributed by atoms with Gasteiger partial charge in [0.1, 0.15) is 0 Å². The largest absolute Gasteiger partial charge is 0.356 e. The van der Waals surface area contributed by atoms with E-state index in [4.69, 9.17) is 21.4 Å². The SMILES string of the molecule is CN(C)C(=O)c1ccc2nn(C3CCCCO3)c(-c3ccnc(Cl)n3)c2c1. The maximum absolute atomic E-state index is 12.4. The third-order valence-corrected chi connectivity index (χ3v) is 4.83. The molecule has 0 N–H and O–H groups in total. The van der Waals surface area contributed by atoms with Gasteiger partial charge in [0.2, 0.25) is 5.28 Å². The molecule has 0 bridgehead atoms. The van der Waals surface area contributed by atoms with E-state index in [-0.39, 0.29) is 17.4 Å². The van der Waals surface area contributed by atoms with Gasteiger partial charge in [-0.2, -0.15) is 5.10 Å². The summed E-state index contributed by atoms with van der Waals surface area (Å²) >= 11 is 6.03. The average molecular weight is 386 g/mol. The van der Waals surface area contributed by atoms with E-state index in [1.54, 1.807) is 37.3 Å². The molecule has 27 heavy (non-hydrogen) atoms. The maximum Gasteiger partial charge on any atom is 0.253 e. The number of aromatic nitrogens is 4. The van der Waals surface area contributed by atoms with Crippen molar-refractivity contribution in [2.24, 2.45) is 0 Å². The molecule has 3 aromatic rings. The van der Waals surface area contributed by atoms with E-state index < -0.39 is 0 Å². The van der Waals surface area contributed by atoms with Crippen molar-refractivity contribution < 1.29 is 9.53 Å². The number of halogens is 1. The molecule has 0 radical (unpaired) electrons. The van der Waals surface area contributed by atoms with Gasteiger partial charge >= 0.3 is 0 Å². The fourth-order valence-corrected chi connectivity index (χ4v) is 3.49. The summed E-state index contributed by atoms with van der Waals surface area (Å²) in [6.45, 7) is 0.704. The Morgan fingerprint density at radius 2 is 2.15 bits per heavy atom. The monoisotopic (exact) mass is 385 g/mol. The lowest BCUT2D eigenvalue weighted by molar-refractivity contribution is -0.0380. The summed E-state index contributed by atoms with van der Waals surface area (Å²) < 4.78 is 7.82. The summed E-state index contributed by atoms with van der Waals surface area (Å²) in [6, 6.07) is 7.30. The summed E-state index contributed by atoms with van der Waals surface area (Å²) in [6.07, 6.45) is 4.46. The summed E-state index contributed by atoms with van der Waals surface area (Å²) in [5.41, 5.74) is 2.82. The number of hydrogen-bond donors (Lipinski definition) is 0. The van der Waals surface area contributed by atoms with Crippen LogP contribution in [0.25, 0.3) is 22.3 Å². The van der Waals surface area contributed by atoms with Crippen LogP contribution in [-0.2, 0) is 4.74 Å². The zero-order valence-electron chi connectivity index (χ0n) is 15.2. The van der Waals surface area contributed by atoms with Crippen molar-refractivity contribution in [1.29, 1.82) is 0 Å². The van der Waals surface area contributed by atoms with E-state index in [1.165, 1.54) is 0 Å². The molecular weight excluding hydrogens is 366 g/mol. The van der Waals surface area contributed by atoms with Crippen molar-refractivity contribution in [3.63, 3.8) is 0 Å². The Hall–Kier alpha value is -2.51. The van der Waals surface area contributed by atoms with E-state index in [0.717, 1.165) is 35.9 Å². The van der Waals surface area contributed by atoms with E-state index in [1.807, 2.05) is 16.8 Å². The number of carbonyl (C=O) groups excluding carboxylic acids is 1. The number of carbonyl (C=O) groups is 1. The van der Waals surface area contributed by atoms with Gasteiger partial charge in [-0.05, 0) is 55.1 Å². The molecule has 1 aromatic carbocycles. The van der Waals surface area contributed by atoms with E-state index >= 15 is 0 Å². The molecule has 140 valence electrons. The quantitative estimate of drug-likeness (QED) is 0.644. The van der Waals surface area contributed by atoms with Crippen LogP contribution in [0.5, 0.6) is 0 Å². The minimum Gasteiger partial charge on any atom is -0.356 e. The first-order valence-electron chi connectivity index (χ1n) is 8.89. The van der Waals surface area contributed by atoms with Crippen LogP contribution < -0.4 is 0 Å². The smallest absolute Gasteiger partial charge is 0.253 e. The molecule has 3 heterocycles. The van der Waals surface area contributed by atoms with Crippen molar-refractivity contribution in [3.8, 4) is 11.4 Å². The zero-order valence-corrected chi connectivity index (χ0v) is 16.0. The number of benzene rings is 1. The second kappa shape index (κ2) is 7.25. The number of amides is 1. The Morgan fingerprint density at radius 1 is 1.30 bits per heavy atom. The van der Waals surface area contributed by atoms with Gasteiger partial charge in [-0.25, -0.2) is 14.6 Å². The Balaban J connectivity index is 1.93. The number of fused-ring (bicyclic) bond motifs is 1. The van der Waals surface area contributed by atoms with Crippen LogP contribution in [0.3, 0.4) is 0 Å². The fourth-order valence-electron chi connectivity index (χ4n) is 3.34. The van der Waals surface area contributed by atoms with Crippen molar-refractivity contribution in [3.05, 3.63) is 41.3 Å². The maximum atomic E-state index is 12.4. The molecule has 1 unspecified atom stereocenters. The van der Waals surface area contributed by atoms with Gasteiger partial charge in [-0.15, -0.1) is 0 Å². The molecule has 8 heteroatoms. The molecule has 1 saturated heterocycles. The highest BCUT2D eigenvalue weighted by atomic mass is 35.5. The molecular formula is C19H20ClN5O2. The van der Waals surface area contributed by atoms with Gasteiger partial charge in [0.05, 0.1) is 16.9 Å². The highest BCUT2D eigenvalue weighted by Crippen LogP contribution is 2.34. The van der Waals surface area contributed by atoms with Gasteiger partial charge in [0, 0.05) is 37.8 Å². The minimum absolute atomic E-state index is 0.0646. The van der Waals surface area contributed by atoms with E-state index in [9.17, 15) is 4.79 Å². The Kier molecular flexibility index (Phi) is 4.80. The standard InChI is InChI=1S/C19H20ClN5O2/c1-24(2)18(26)12-6-7-14-13(11-12)17(15-8-9-21-19(20)22-15)25(23-14)16-5-3-4-10-27-16/h6-9,11,16H,3-5,10H2,1-2H3. The molecule has 7 nitrogen and oxygen atoms in total. The topological polar surface area (TPSA) is 73.1 Å². The molecule has 0 saturated carbocycles. The lowest BCUT2D eigenvalue weighted by Crippen LogP contribution is -2.21. The first-order chi connectivity index (χ1) is 13.0. The van der Waals surface area contributed by atoms with Crippen molar-refractivity contribution in [2.45, 2.75) is 25.5 Å². The highest BCUT2D eigenvalue weighted by molar-refractivity contribution is 6.28. The molecule has 1 aliphatic heterocycles. The lowest BCUT2D eigenvalue weighted by atomic mass is 10.1. The van der Waals surface area contributed by atoms with Crippen molar-refractivity contribution >= 4 is 28.4 Å². The van der Waals surface area contributed by atoms with Gasteiger partial charge < -0.3 is 9.64 Å². The number of ether oxygens (including phenoxy) is 1. The highest BCUT2D eigenvalue weighted by Gasteiger charge is 2.24. The number of nitrogens with zero attached hydrogens (tertiary/aromatic N) is 5. The number of hydrogen-bond acceptors (Lipinski definition) is 5. The van der Waals surface area contributed by atoms with E-state index in [2.05, 4.69) is 9.97 Å². The van der Waals surface area contributed by atoms with Gasteiger partial charge in [0.15, 0.2) is 6.23 Å². The Labute approximate surface area is 161 Å². The lowest BCUT2D eigenvalue weighted by Gasteiger charge is -2.24. The Bertz CT molecular complexity index is 995. The molecule has 1 aliphatic rings. The van der Waals surface area contributed by atoms with Crippen molar-refractivity contribution in [1.82, 2.24) is 24.6 Å². The average Bonchev–Trinajstić information content (AvgIpc) is 3.06. The predicted octanol–water partition coefficient (Wildman–Crippen LogP) is 3.55. The van der Waals surface area contributed by atoms with Crippen LogP contribution in [0.4, 0.5) is 0 Å². The molecule has 1 amide bonds. The van der Waals surface area contributed by atoms with Crippen LogP contribution in [-0.4, -0.2) is 51.3 Å². The van der Waals surface area contributed by atoms with Crippen LogP contribution in [0.2, 0.25) is 5.28 Å². The zero-order chi connectivity index (χ0) is 19.0. The van der Waals surface area contributed by atoms with Crippen molar-refractivity contribution in [2.75, 3.05) is 20.7 Å². The number of rotatable bonds is 3. The summed E-state index contributed by atoms with van der Waals surface area (Å²) in [5.74, 6) is -0.0646. The third-order valence-electron chi connectivity index (χ3n) is 4.65. The van der Waals surface area contributed by atoms with Gasteiger partial charge in [0.25, 0.3) is 5.91 Å². The van der Waals surface area contributed by atoms with Crippen LogP contribution >= 0.6 is 11.6 Å². The predicted molar refractivity (Wildman–Crippen MR) is 103 cm³/mol. The molecule has 0 aliphatic carbocycles. The normalized spacial score (nSPS) is 17.2. The Morgan fingerprint density at radius 3 is 2.85 bits per heavy atom. The molecule has 1 fully saturated rings. The molecule has 4 rings (SSSR count). The van der Waals surface area contributed by atoms with Crippen LogP contribution in [0.15, 0.2) is 30.5 Å². The molecule has 1 atom stereocenters. The van der Waals surface area contributed by atoms with Gasteiger partial charge in [-0.3, -0.25) is 4.79 Å². The fraction of sp³-hybridized carbons (Fsp3) is 0.368. The summed E-state index contributed by atoms with van der Waals surface area (Å²) in [5, 5.41) is 5.76.